The van der Waals surface area contributed by atoms with Crippen LogP contribution in [0.2, 0.25) is 0 Å². The first-order chi connectivity index (χ1) is 8.83. The summed E-state index contributed by atoms with van der Waals surface area (Å²) in [7, 11) is 0. The van der Waals surface area contributed by atoms with Crippen molar-refractivity contribution in [2.45, 2.75) is 33.0 Å². The number of halogens is 3. The smallest absolute Gasteiger partial charge is 0.396 e. The molecule has 0 saturated heterocycles. The van der Waals surface area contributed by atoms with Crippen LogP contribution < -0.4 is 0 Å². The molecule has 0 spiro atoms. The van der Waals surface area contributed by atoms with Gasteiger partial charge in [-0.15, -0.1) is 0 Å². The van der Waals surface area contributed by atoms with E-state index in [9.17, 15) is 13.2 Å². The molecule has 0 aliphatic heterocycles. The van der Waals surface area contributed by atoms with Gasteiger partial charge in [0, 0.05) is 19.7 Å². The predicted molar refractivity (Wildman–Crippen MR) is 69.0 cm³/mol. The minimum atomic E-state index is -4.22. The average molecular weight is 275 g/mol. The largest absolute Gasteiger partial charge is 0.401 e. The third-order valence-electron chi connectivity index (χ3n) is 3.06. The number of aliphatic hydroxyl groups is 1. The quantitative estimate of drug-likeness (QED) is 0.862. The molecule has 0 saturated carbocycles. The van der Waals surface area contributed by atoms with Crippen molar-refractivity contribution in [3.05, 3.63) is 34.9 Å². The number of benzene rings is 1. The number of aliphatic hydroxyl groups excluding tert-OH is 1. The molecule has 0 aliphatic rings. The lowest BCUT2D eigenvalue weighted by Gasteiger charge is -2.25. The maximum absolute atomic E-state index is 12.5. The lowest BCUT2D eigenvalue weighted by atomic mass is 10.0. The topological polar surface area (TPSA) is 23.5 Å². The van der Waals surface area contributed by atoms with E-state index < -0.39 is 12.7 Å². The molecule has 0 aromatic heterocycles. The molecule has 1 rings (SSSR count). The molecule has 0 amide bonds. The SMILES string of the molecule is Cc1cccc(C)c1CN(CCCO)CC(F)(F)F. The van der Waals surface area contributed by atoms with E-state index in [0.717, 1.165) is 16.7 Å². The third kappa shape index (κ3) is 5.61. The van der Waals surface area contributed by atoms with Crippen molar-refractivity contribution in [1.82, 2.24) is 4.90 Å². The van der Waals surface area contributed by atoms with E-state index in [1.54, 1.807) is 0 Å². The van der Waals surface area contributed by atoms with Crippen LogP contribution in [-0.2, 0) is 6.54 Å². The summed E-state index contributed by atoms with van der Waals surface area (Å²) >= 11 is 0. The average Bonchev–Trinajstić information content (AvgIpc) is 2.29. The summed E-state index contributed by atoms with van der Waals surface area (Å²) in [5.41, 5.74) is 2.93. The lowest BCUT2D eigenvalue weighted by Crippen LogP contribution is -2.35. The predicted octanol–water partition coefficient (Wildman–Crippen LogP) is 3.05. The Morgan fingerprint density at radius 3 is 2.21 bits per heavy atom. The van der Waals surface area contributed by atoms with Crippen LogP contribution in [0, 0.1) is 13.8 Å². The second-order valence-corrected chi connectivity index (χ2v) is 4.77. The molecule has 0 atom stereocenters. The number of hydrogen-bond donors (Lipinski definition) is 1. The summed E-state index contributed by atoms with van der Waals surface area (Å²) in [5, 5.41) is 8.78. The van der Waals surface area contributed by atoms with E-state index in [0.29, 0.717) is 6.42 Å². The van der Waals surface area contributed by atoms with Crippen LogP contribution in [0.25, 0.3) is 0 Å². The Kier molecular flexibility index (Phi) is 5.82. The van der Waals surface area contributed by atoms with Gasteiger partial charge in [-0.3, -0.25) is 4.90 Å². The Bertz CT molecular complexity index is 384. The summed E-state index contributed by atoms with van der Waals surface area (Å²) in [5.74, 6) is 0. The second-order valence-electron chi connectivity index (χ2n) is 4.77. The van der Waals surface area contributed by atoms with Crippen molar-refractivity contribution < 1.29 is 18.3 Å². The number of rotatable bonds is 6. The Morgan fingerprint density at radius 2 is 1.74 bits per heavy atom. The van der Waals surface area contributed by atoms with Crippen molar-refractivity contribution in [2.24, 2.45) is 0 Å². The van der Waals surface area contributed by atoms with Crippen LogP contribution >= 0.6 is 0 Å². The number of hydrogen-bond acceptors (Lipinski definition) is 2. The monoisotopic (exact) mass is 275 g/mol. The fourth-order valence-corrected chi connectivity index (χ4v) is 2.08. The van der Waals surface area contributed by atoms with Gasteiger partial charge in [0.15, 0.2) is 0 Å². The van der Waals surface area contributed by atoms with E-state index in [1.165, 1.54) is 4.90 Å². The Labute approximate surface area is 111 Å². The maximum atomic E-state index is 12.5. The molecular weight excluding hydrogens is 255 g/mol. The normalized spacial score (nSPS) is 12.2. The molecule has 0 bridgehead atoms. The first kappa shape index (κ1) is 16.0. The van der Waals surface area contributed by atoms with Crippen LogP contribution in [-0.4, -0.2) is 35.9 Å². The molecule has 0 heterocycles. The number of nitrogens with zero attached hydrogens (tertiary/aromatic N) is 1. The zero-order valence-corrected chi connectivity index (χ0v) is 11.3. The Morgan fingerprint density at radius 1 is 1.16 bits per heavy atom. The van der Waals surface area contributed by atoms with E-state index in [1.807, 2.05) is 32.0 Å². The minimum absolute atomic E-state index is 0.0961. The zero-order valence-electron chi connectivity index (χ0n) is 11.3. The van der Waals surface area contributed by atoms with Gasteiger partial charge in [0.2, 0.25) is 0 Å². The first-order valence-corrected chi connectivity index (χ1v) is 6.28. The maximum Gasteiger partial charge on any atom is 0.401 e. The molecule has 108 valence electrons. The van der Waals surface area contributed by atoms with Gasteiger partial charge >= 0.3 is 6.18 Å². The van der Waals surface area contributed by atoms with Crippen molar-refractivity contribution in [3.8, 4) is 0 Å². The lowest BCUT2D eigenvalue weighted by molar-refractivity contribution is -0.147. The molecule has 2 nitrogen and oxygen atoms in total. The van der Waals surface area contributed by atoms with Crippen LogP contribution in [0.5, 0.6) is 0 Å². The number of aryl methyl sites for hydroxylation is 2. The molecule has 1 N–H and O–H groups in total. The van der Waals surface area contributed by atoms with E-state index in [-0.39, 0.29) is 19.7 Å². The third-order valence-corrected chi connectivity index (χ3v) is 3.06. The molecule has 0 aliphatic carbocycles. The summed E-state index contributed by atoms with van der Waals surface area (Å²) in [6.07, 6.45) is -3.87. The van der Waals surface area contributed by atoms with Crippen molar-refractivity contribution >= 4 is 0 Å². The van der Waals surface area contributed by atoms with E-state index >= 15 is 0 Å². The molecule has 19 heavy (non-hydrogen) atoms. The molecule has 1 aromatic rings. The van der Waals surface area contributed by atoms with Gasteiger partial charge in [-0.25, -0.2) is 0 Å². The highest BCUT2D eigenvalue weighted by atomic mass is 19.4. The van der Waals surface area contributed by atoms with Crippen molar-refractivity contribution in [3.63, 3.8) is 0 Å². The van der Waals surface area contributed by atoms with Gasteiger partial charge in [0.05, 0.1) is 6.54 Å². The Hall–Kier alpha value is -1.07. The van der Waals surface area contributed by atoms with Crippen LogP contribution in [0.4, 0.5) is 13.2 Å². The zero-order chi connectivity index (χ0) is 14.5. The summed E-state index contributed by atoms with van der Waals surface area (Å²) < 4.78 is 37.6. The summed E-state index contributed by atoms with van der Waals surface area (Å²) in [6, 6.07) is 5.70. The van der Waals surface area contributed by atoms with Gasteiger partial charge in [-0.1, -0.05) is 18.2 Å². The highest BCUT2D eigenvalue weighted by Gasteiger charge is 2.30. The molecule has 1 aromatic carbocycles. The molecule has 0 radical (unpaired) electrons. The van der Waals surface area contributed by atoms with Crippen molar-refractivity contribution in [2.75, 3.05) is 19.7 Å². The van der Waals surface area contributed by atoms with E-state index in [2.05, 4.69) is 0 Å². The van der Waals surface area contributed by atoms with Gasteiger partial charge in [-0.2, -0.15) is 13.2 Å². The summed E-state index contributed by atoms with van der Waals surface area (Å²) in [6.45, 7) is 3.27. The second kappa shape index (κ2) is 6.91. The molecule has 0 fully saturated rings. The van der Waals surface area contributed by atoms with Crippen LogP contribution in [0.1, 0.15) is 23.1 Å². The molecule has 0 unspecified atom stereocenters. The van der Waals surface area contributed by atoms with Gasteiger partial charge in [0.1, 0.15) is 0 Å². The standard InChI is InChI=1S/C14H20F3NO/c1-11-5-3-6-12(2)13(11)9-18(7-4-8-19)10-14(15,16)17/h3,5-6,19H,4,7-10H2,1-2H3. The molecular formula is C14H20F3NO. The van der Waals surface area contributed by atoms with Crippen LogP contribution in [0.3, 0.4) is 0 Å². The Balaban J connectivity index is 2.81. The van der Waals surface area contributed by atoms with Crippen LogP contribution in [0.15, 0.2) is 18.2 Å². The highest BCUT2D eigenvalue weighted by Crippen LogP contribution is 2.21. The number of alkyl halides is 3. The fourth-order valence-electron chi connectivity index (χ4n) is 2.08. The van der Waals surface area contributed by atoms with E-state index in [4.69, 9.17) is 5.11 Å². The van der Waals surface area contributed by atoms with Crippen molar-refractivity contribution in [1.29, 1.82) is 0 Å². The highest BCUT2D eigenvalue weighted by molar-refractivity contribution is 5.33. The minimum Gasteiger partial charge on any atom is -0.396 e. The summed E-state index contributed by atoms with van der Waals surface area (Å²) in [4.78, 5) is 1.34. The fraction of sp³-hybridized carbons (Fsp3) is 0.571. The molecule has 5 heteroatoms. The van der Waals surface area contributed by atoms with Gasteiger partial charge in [0.25, 0.3) is 0 Å². The van der Waals surface area contributed by atoms with Gasteiger partial charge in [-0.05, 0) is 37.0 Å². The van der Waals surface area contributed by atoms with Gasteiger partial charge < -0.3 is 5.11 Å². The first-order valence-electron chi connectivity index (χ1n) is 6.28.